The van der Waals surface area contributed by atoms with Gasteiger partial charge < -0.3 is 19.0 Å². The van der Waals surface area contributed by atoms with E-state index >= 15 is 0 Å². The molecule has 0 unspecified atom stereocenters. The molecule has 5 nitrogen and oxygen atoms in total. The van der Waals surface area contributed by atoms with Crippen LogP contribution in [0.2, 0.25) is 0 Å². The molecule has 0 atom stereocenters. The lowest BCUT2D eigenvalue weighted by molar-refractivity contribution is 0.0709. The van der Waals surface area contributed by atoms with Crippen LogP contribution in [0, 0.1) is 20.8 Å². The van der Waals surface area contributed by atoms with Crippen LogP contribution < -0.4 is 9.64 Å². The number of ether oxygens (including phenoxy) is 1. The van der Waals surface area contributed by atoms with E-state index in [1.54, 1.807) is 12.1 Å². The first kappa shape index (κ1) is 22.0. The summed E-state index contributed by atoms with van der Waals surface area (Å²) in [5.74, 6) is 1.73. The van der Waals surface area contributed by atoms with E-state index in [0.29, 0.717) is 30.7 Å². The molecule has 1 aromatic heterocycles. The minimum Gasteiger partial charge on any atom is -0.426 e. The van der Waals surface area contributed by atoms with Crippen LogP contribution in [0.4, 0.5) is 5.69 Å². The van der Waals surface area contributed by atoms with Gasteiger partial charge in [-0.05, 0) is 67.1 Å². The van der Waals surface area contributed by atoms with Crippen molar-refractivity contribution in [2.24, 2.45) is 0 Å². The largest absolute Gasteiger partial charge is 0.426 e. The van der Waals surface area contributed by atoms with Gasteiger partial charge in [-0.2, -0.15) is 0 Å². The zero-order chi connectivity index (χ0) is 22.8. The molecule has 2 aromatic carbocycles. The number of benzene rings is 2. The van der Waals surface area contributed by atoms with Crippen LogP contribution in [0.25, 0.3) is 0 Å². The molecule has 4 rings (SSSR count). The van der Waals surface area contributed by atoms with E-state index < -0.39 is 0 Å². The third kappa shape index (κ3) is 4.67. The summed E-state index contributed by atoms with van der Waals surface area (Å²) >= 11 is 0. The van der Waals surface area contributed by atoms with Gasteiger partial charge in [0.05, 0.1) is 0 Å². The number of aryl methyl sites for hydroxylation is 3. The van der Waals surface area contributed by atoms with Crippen molar-refractivity contribution in [3.8, 4) is 11.7 Å². The van der Waals surface area contributed by atoms with Crippen LogP contribution in [0.1, 0.15) is 52.6 Å². The summed E-state index contributed by atoms with van der Waals surface area (Å²) in [7, 11) is 0. The first-order valence-electron chi connectivity index (χ1n) is 11.3. The molecule has 3 aromatic rings. The summed E-state index contributed by atoms with van der Waals surface area (Å²) in [6.07, 6.45) is 0. The highest BCUT2D eigenvalue weighted by atomic mass is 16.6. The minimum absolute atomic E-state index is 0.0897. The third-order valence-electron chi connectivity index (χ3n) is 6.15. The van der Waals surface area contributed by atoms with Crippen LogP contribution in [-0.2, 0) is 0 Å². The molecule has 5 heteroatoms. The fraction of sp³-hybridized carbons (Fsp3) is 0.370. The highest BCUT2D eigenvalue weighted by Crippen LogP contribution is 2.30. The van der Waals surface area contributed by atoms with Crippen molar-refractivity contribution >= 4 is 11.6 Å². The smallest absolute Gasteiger partial charge is 0.290 e. The van der Waals surface area contributed by atoms with Crippen molar-refractivity contribution in [2.75, 3.05) is 31.1 Å². The number of piperazine rings is 1. The lowest BCUT2D eigenvalue weighted by Gasteiger charge is -2.36. The monoisotopic (exact) mass is 432 g/mol. The molecule has 1 aliphatic heterocycles. The molecule has 0 bridgehead atoms. The van der Waals surface area contributed by atoms with Gasteiger partial charge in [0.25, 0.3) is 11.9 Å². The lowest BCUT2D eigenvalue weighted by Crippen LogP contribution is -2.49. The average Bonchev–Trinajstić information content (AvgIpc) is 3.25. The topological polar surface area (TPSA) is 45.9 Å². The molecule has 1 fully saturated rings. The minimum atomic E-state index is -0.0897. The number of carbonyl (C=O) groups is 1. The fourth-order valence-electron chi connectivity index (χ4n) is 4.05. The summed E-state index contributed by atoms with van der Waals surface area (Å²) in [5, 5.41) is 0. The molecule has 1 amide bonds. The number of carbonyl (C=O) groups excluding carboxylic acids is 1. The van der Waals surface area contributed by atoms with E-state index in [1.165, 1.54) is 22.4 Å². The molecule has 0 aliphatic carbocycles. The van der Waals surface area contributed by atoms with Crippen LogP contribution in [0.3, 0.4) is 0 Å². The Labute approximate surface area is 190 Å². The highest BCUT2D eigenvalue weighted by Gasteiger charge is 2.25. The zero-order valence-corrected chi connectivity index (χ0v) is 19.6. The SMILES string of the molecule is Cc1ccc(C)c(N2CCN(C(=O)c3ccc(Oc4cc(C(C)C)ccc4C)o3)CC2)c1. The summed E-state index contributed by atoms with van der Waals surface area (Å²) in [6, 6.07) is 16.1. The highest BCUT2D eigenvalue weighted by molar-refractivity contribution is 5.91. The zero-order valence-electron chi connectivity index (χ0n) is 19.6. The Kier molecular flexibility index (Phi) is 6.26. The van der Waals surface area contributed by atoms with Gasteiger partial charge in [0.15, 0.2) is 5.76 Å². The number of rotatable bonds is 5. The molecule has 168 valence electrons. The van der Waals surface area contributed by atoms with E-state index in [2.05, 4.69) is 62.9 Å². The second kappa shape index (κ2) is 9.11. The summed E-state index contributed by atoms with van der Waals surface area (Å²) in [6.45, 7) is 13.5. The first-order chi connectivity index (χ1) is 15.3. The van der Waals surface area contributed by atoms with Crippen LogP contribution in [0.5, 0.6) is 11.7 Å². The number of anilines is 1. The Morgan fingerprint density at radius 2 is 1.62 bits per heavy atom. The van der Waals surface area contributed by atoms with Gasteiger partial charge in [0.1, 0.15) is 5.75 Å². The second-order valence-electron chi connectivity index (χ2n) is 8.97. The van der Waals surface area contributed by atoms with Gasteiger partial charge in [-0.1, -0.05) is 38.1 Å². The predicted octanol–water partition coefficient (Wildman–Crippen LogP) is 6.08. The van der Waals surface area contributed by atoms with E-state index in [9.17, 15) is 4.79 Å². The van der Waals surface area contributed by atoms with Gasteiger partial charge in [-0.25, -0.2) is 0 Å². The Hall–Kier alpha value is -3.21. The molecule has 32 heavy (non-hydrogen) atoms. The summed E-state index contributed by atoms with van der Waals surface area (Å²) < 4.78 is 11.7. The van der Waals surface area contributed by atoms with Crippen LogP contribution >= 0.6 is 0 Å². The van der Waals surface area contributed by atoms with Crippen LogP contribution in [-0.4, -0.2) is 37.0 Å². The maximum atomic E-state index is 13.0. The van der Waals surface area contributed by atoms with Gasteiger partial charge >= 0.3 is 0 Å². The number of nitrogens with zero attached hydrogens (tertiary/aromatic N) is 2. The lowest BCUT2D eigenvalue weighted by atomic mass is 10.0. The first-order valence-corrected chi connectivity index (χ1v) is 11.3. The number of hydrogen-bond acceptors (Lipinski definition) is 4. The third-order valence-corrected chi connectivity index (χ3v) is 6.15. The van der Waals surface area contributed by atoms with E-state index in [4.69, 9.17) is 9.15 Å². The maximum Gasteiger partial charge on any atom is 0.290 e. The number of furan rings is 1. The molecular weight excluding hydrogens is 400 g/mol. The quantitative estimate of drug-likeness (QED) is 0.490. The van der Waals surface area contributed by atoms with Crippen molar-refractivity contribution in [3.63, 3.8) is 0 Å². The van der Waals surface area contributed by atoms with Crippen molar-refractivity contribution in [1.29, 1.82) is 0 Å². The molecule has 1 saturated heterocycles. The van der Waals surface area contributed by atoms with Crippen molar-refractivity contribution in [1.82, 2.24) is 4.90 Å². The molecule has 1 aliphatic rings. The van der Waals surface area contributed by atoms with Crippen molar-refractivity contribution < 1.29 is 13.9 Å². The van der Waals surface area contributed by atoms with Gasteiger partial charge in [0, 0.05) is 37.9 Å². The molecule has 0 N–H and O–H groups in total. The summed E-state index contributed by atoms with van der Waals surface area (Å²) in [4.78, 5) is 17.2. The summed E-state index contributed by atoms with van der Waals surface area (Å²) in [5.41, 5.74) is 6.00. The second-order valence-corrected chi connectivity index (χ2v) is 8.97. The van der Waals surface area contributed by atoms with Gasteiger partial charge in [0.2, 0.25) is 0 Å². The fourth-order valence-corrected chi connectivity index (χ4v) is 4.05. The Morgan fingerprint density at radius 1 is 0.906 bits per heavy atom. The van der Waals surface area contributed by atoms with Gasteiger partial charge in [-0.15, -0.1) is 0 Å². The maximum absolute atomic E-state index is 13.0. The molecule has 0 radical (unpaired) electrons. The number of amides is 1. The Balaban J connectivity index is 1.40. The standard InChI is InChI=1S/C27H32N2O3/c1-18(2)22-9-8-21(5)25(17-22)32-26-11-10-24(31-26)27(30)29-14-12-28(13-15-29)23-16-19(3)6-7-20(23)4/h6-11,16-18H,12-15H2,1-5H3. The normalized spacial score (nSPS) is 14.2. The number of hydrogen-bond donors (Lipinski definition) is 0. The molecule has 0 saturated carbocycles. The molecular formula is C27H32N2O3. The predicted molar refractivity (Wildman–Crippen MR) is 128 cm³/mol. The van der Waals surface area contributed by atoms with Crippen molar-refractivity contribution in [2.45, 2.75) is 40.5 Å². The van der Waals surface area contributed by atoms with Crippen molar-refractivity contribution in [3.05, 3.63) is 76.5 Å². The van der Waals surface area contributed by atoms with E-state index in [1.807, 2.05) is 17.9 Å². The average molecular weight is 433 g/mol. The van der Waals surface area contributed by atoms with Gasteiger partial charge in [-0.3, -0.25) is 4.79 Å². The van der Waals surface area contributed by atoms with E-state index in [0.717, 1.165) is 24.4 Å². The van der Waals surface area contributed by atoms with E-state index in [-0.39, 0.29) is 5.91 Å². The Bertz CT molecular complexity index is 1110. The molecule has 2 heterocycles. The Morgan fingerprint density at radius 3 is 2.34 bits per heavy atom. The van der Waals surface area contributed by atoms with Crippen LogP contribution in [0.15, 0.2) is 52.9 Å². The molecule has 0 spiro atoms.